The lowest BCUT2D eigenvalue weighted by Crippen LogP contribution is -2.21. The smallest absolute Gasteiger partial charge is 0.328 e. The SMILES string of the molecule is CN(COP(O)O)Cc1c(F)cc(F)cc1F. The maximum atomic E-state index is 13.2. The molecular weight excluding hydrogens is 258 g/mol. The Bertz CT molecular complexity index is 369. The van der Waals surface area contributed by atoms with Gasteiger partial charge in [-0.2, -0.15) is 0 Å². The minimum absolute atomic E-state index is 0.179. The second-order valence-electron chi connectivity index (χ2n) is 3.37. The Morgan fingerprint density at radius 3 is 2.24 bits per heavy atom. The molecule has 0 amide bonds. The first-order valence-electron chi connectivity index (χ1n) is 4.53. The largest absolute Gasteiger partial charge is 0.328 e. The minimum atomic E-state index is -2.52. The van der Waals surface area contributed by atoms with E-state index < -0.39 is 26.1 Å². The summed E-state index contributed by atoms with van der Waals surface area (Å²) in [6, 6.07) is 1.16. The zero-order valence-corrected chi connectivity index (χ0v) is 9.79. The van der Waals surface area contributed by atoms with Crippen molar-refractivity contribution < 1.29 is 27.5 Å². The highest BCUT2D eigenvalue weighted by molar-refractivity contribution is 7.39. The lowest BCUT2D eigenvalue weighted by molar-refractivity contribution is 0.127. The zero-order valence-electron chi connectivity index (χ0n) is 8.90. The molecule has 1 aromatic rings. The summed E-state index contributed by atoms with van der Waals surface area (Å²) in [4.78, 5) is 18.3. The van der Waals surface area contributed by atoms with Crippen LogP contribution < -0.4 is 0 Å². The molecule has 0 saturated carbocycles. The summed E-state index contributed by atoms with van der Waals surface area (Å²) in [5, 5.41) is 0. The average Bonchev–Trinajstić information content (AvgIpc) is 2.20. The van der Waals surface area contributed by atoms with Crippen LogP contribution in [-0.2, 0) is 11.1 Å². The molecule has 0 fully saturated rings. The summed E-state index contributed by atoms with van der Waals surface area (Å²) in [7, 11) is -1.06. The van der Waals surface area contributed by atoms with Gasteiger partial charge in [-0.1, -0.05) is 0 Å². The van der Waals surface area contributed by atoms with Crippen LogP contribution in [0.4, 0.5) is 13.2 Å². The van der Waals surface area contributed by atoms with Crippen LogP contribution in [0.15, 0.2) is 12.1 Å². The fourth-order valence-corrected chi connectivity index (χ4v) is 1.49. The molecule has 0 aliphatic heterocycles. The second-order valence-corrected chi connectivity index (χ2v) is 4.14. The van der Waals surface area contributed by atoms with Crippen LogP contribution in [0.25, 0.3) is 0 Å². The van der Waals surface area contributed by atoms with Crippen molar-refractivity contribution in [3.8, 4) is 0 Å². The minimum Gasteiger partial charge on any atom is -0.328 e. The number of hydrogen-bond acceptors (Lipinski definition) is 4. The van der Waals surface area contributed by atoms with E-state index in [2.05, 4.69) is 4.52 Å². The fraction of sp³-hybridized carbons (Fsp3) is 0.333. The number of halogens is 3. The molecule has 17 heavy (non-hydrogen) atoms. The summed E-state index contributed by atoms with van der Waals surface area (Å²) in [5.41, 5.74) is -0.308. The van der Waals surface area contributed by atoms with Gasteiger partial charge in [0.1, 0.15) is 24.2 Å². The van der Waals surface area contributed by atoms with Crippen LogP contribution in [0.2, 0.25) is 0 Å². The first-order chi connectivity index (χ1) is 7.90. The highest BCUT2D eigenvalue weighted by Crippen LogP contribution is 2.24. The molecule has 0 aliphatic carbocycles. The third-order valence-corrected chi connectivity index (χ3v) is 2.27. The van der Waals surface area contributed by atoms with E-state index in [0.717, 1.165) is 0 Å². The van der Waals surface area contributed by atoms with Crippen molar-refractivity contribution in [1.29, 1.82) is 0 Å². The van der Waals surface area contributed by atoms with Gasteiger partial charge in [-0.25, -0.2) is 13.2 Å². The molecule has 0 unspecified atom stereocenters. The van der Waals surface area contributed by atoms with Crippen LogP contribution in [0.1, 0.15) is 5.56 Å². The molecule has 4 nitrogen and oxygen atoms in total. The summed E-state index contributed by atoms with van der Waals surface area (Å²) in [6.07, 6.45) is 0. The van der Waals surface area contributed by atoms with E-state index in [4.69, 9.17) is 9.79 Å². The van der Waals surface area contributed by atoms with Crippen LogP contribution in [0.5, 0.6) is 0 Å². The topological polar surface area (TPSA) is 52.9 Å². The van der Waals surface area contributed by atoms with Gasteiger partial charge in [-0.05, 0) is 7.05 Å². The van der Waals surface area contributed by atoms with Crippen LogP contribution in [-0.4, -0.2) is 28.5 Å². The lowest BCUT2D eigenvalue weighted by atomic mass is 10.2. The van der Waals surface area contributed by atoms with Crippen molar-refractivity contribution in [1.82, 2.24) is 4.90 Å². The maximum absolute atomic E-state index is 13.2. The number of nitrogens with zero attached hydrogens (tertiary/aromatic N) is 1. The molecule has 0 aliphatic rings. The number of rotatable bonds is 5. The number of hydrogen-bond donors (Lipinski definition) is 2. The van der Waals surface area contributed by atoms with Crippen molar-refractivity contribution in [2.24, 2.45) is 0 Å². The Hall–Kier alpha value is -0.720. The van der Waals surface area contributed by atoms with Crippen molar-refractivity contribution in [3.63, 3.8) is 0 Å². The molecule has 0 spiro atoms. The zero-order chi connectivity index (χ0) is 13.0. The van der Waals surface area contributed by atoms with Crippen LogP contribution in [0.3, 0.4) is 0 Å². The van der Waals surface area contributed by atoms with Gasteiger partial charge in [0.2, 0.25) is 0 Å². The Morgan fingerprint density at radius 2 is 1.76 bits per heavy atom. The summed E-state index contributed by atoms with van der Waals surface area (Å²) in [5.74, 6) is -2.98. The monoisotopic (exact) mass is 269 g/mol. The predicted molar refractivity (Wildman–Crippen MR) is 55.1 cm³/mol. The molecule has 0 radical (unpaired) electrons. The van der Waals surface area contributed by atoms with Gasteiger partial charge < -0.3 is 9.79 Å². The number of benzene rings is 1. The Balaban J connectivity index is 2.68. The standard InChI is InChI=1S/C9H11F3NO3P/c1-13(5-16-17(14)15)4-7-8(11)2-6(10)3-9(7)12/h2-3,14-15H,4-5H2,1H3. The Labute approximate surface area is 97.2 Å². The predicted octanol–water partition coefficient (Wildman–Crippen LogP) is 1.72. The first-order valence-corrected chi connectivity index (χ1v) is 5.69. The van der Waals surface area contributed by atoms with E-state index in [-0.39, 0.29) is 18.8 Å². The van der Waals surface area contributed by atoms with E-state index in [1.54, 1.807) is 0 Å². The van der Waals surface area contributed by atoms with Gasteiger partial charge >= 0.3 is 8.60 Å². The quantitative estimate of drug-likeness (QED) is 0.631. The molecular formula is C9H11F3NO3P. The molecule has 0 aromatic heterocycles. The van der Waals surface area contributed by atoms with Crippen LogP contribution in [0, 0.1) is 17.5 Å². The van der Waals surface area contributed by atoms with E-state index >= 15 is 0 Å². The van der Waals surface area contributed by atoms with Gasteiger partial charge in [-0.15, -0.1) is 0 Å². The first kappa shape index (κ1) is 14.3. The third kappa shape index (κ3) is 4.57. The Kier molecular flexibility index (Phi) is 5.30. The van der Waals surface area contributed by atoms with Gasteiger partial charge in [-0.3, -0.25) is 9.42 Å². The summed E-state index contributed by atoms with van der Waals surface area (Å²) < 4.78 is 43.5. The molecule has 0 heterocycles. The summed E-state index contributed by atoms with van der Waals surface area (Å²) in [6.45, 7) is -0.393. The van der Waals surface area contributed by atoms with Crippen molar-refractivity contribution in [3.05, 3.63) is 35.1 Å². The molecule has 0 atom stereocenters. The molecule has 0 saturated heterocycles. The highest BCUT2D eigenvalue weighted by Gasteiger charge is 2.14. The lowest BCUT2D eigenvalue weighted by Gasteiger charge is -2.17. The fourth-order valence-electron chi connectivity index (χ4n) is 1.19. The molecule has 0 bridgehead atoms. The van der Waals surface area contributed by atoms with Crippen molar-refractivity contribution in [2.75, 3.05) is 13.8 Å². The van der Waals surface area contributed by atoms with Gasteiger partial charge in [0.15, 0.2) is 0 Å². The average molecular weight is 269 g/mol. The van der Waals surface area contributed by atoms with Crippen LogP contribution >= 0.6 is 8.60 Å². The normalized spacial score (nSPS) is 11.5. The maximum Gasteiger partial charge on any atom is 0.328 e. The molecule has 2 N–H and O–H groups in total. The Morgan fingerprint density at radius 1 is 1.24 bits per heavy atom. The van der Waals surface area contributed by atoms with Gasteiger partial charge in [0.25, 0.3) is 0 Å². The van der Waals surface area contributed by atoms with Crippen molar-refractivity contribution >= 4 is 8.60 Å². The van der Waals surface area contributed by atoms with E-state index in [9.17, 15) is 13.2 Å². The summed E-state index contributed by atoms with van der Waals surface area (Å²) >= 11 is 0. The van der Waals surface area contributed by atoms with E-state index in [1.165, 1.54) is 11.9 Å². The molecule has 1 rings (SSSR count). The molecule has 1 aromatic carbocycles. The van der Waals surface area contributed by atoms with Crippen molar-refractivity contribution in [2.45, 2.75) is 6.54 Å². The molecule has 8 heteroatoms. The molecule has 96 valence electrons. The van der Waals surface area contributed by atoms with Gasteiger partial charge in [0, 0.05) is 24.2 Å². The van der Waals surface area contributed by atoms with Gasteiger partial charge in [0.05, 0.1) is 0 Å². The highest BCUT2D eigenvalue weighted by atomic mass is 31.2. The second kappa shape index (κ2) is 6.28. The third-order valence-electron chi connectivity index (χ3n) is 1.93. The van der Waals surface area contributed by atoms with E-state index in [0.29, 0.717) is 12.1 Å². The van der Waals surface area contributed by atoms with E-state index in [1.807, 2.05) is 0 Å².